The van der Waals surface area contributed by atoms with Gasteiger partial charge in [-0.1, -0.05) is 62.3 Å². The Hall–Kier alpha value is -1.41. The van der Waals surface area contributed by atoms with Crippen LogP contribution in [0.3, 0.4) is 0 Å². The Morgan fingerprint density at radius 1 is 0.568 bits per heavy atom. The minimum Gasteiger partial charge on any atom is -0.461 e. The van der Waals surface area contributed by atoms with Gasteiger partial charge in [0.1, 0.15) is 91.6 Å². The summed E-state index contributed by atoms with van der Waals surface area (Å²) in [5.41, 5.74) is -4.14. The number of hydrogen-bond donors (Lipinski definition) is 13. The normalized spacial score (nSPS) is 54.8. The highest BCUT2D eigenvalue weighted by Gasteiger charge is 2.84. The molecule has 466 valence electrons. The van der Waals surface area contributed by atoms with E-state index in [1.165, 1.54) is 0 Å². The number of aliphatic hydroxyl groups excluding tert-OH is 13. The van der Waals surface area contributed by atoms with Crippen LogP contribution in [0.2, 0.25) is 0 Å². The first-order valence-corrected chi connectivity index (χ1v) is 29.6. The van der Waals surface area contributed by atoms with Gasteiger partial charge in [-0.05, 0) is 97.2 Å². The van der Waals surface area contributed by atoms with Crippen LogP contribution in [-0.2, 0) is 52.2 Å². The topological polar surface area (TPSA) is 372 Å². The van der Waals surface area contributed by atoms with Crippen molar-refractivity contribution < 1.29 is 119 Å². The van der Waals surface area contributed by atoms with Crippen molar-refractivity contribution in [3.05, 3.63) is 0 Å². The standard InChI is InChI=1S/C57H94O24/c1-24(2)16-35(62)77-34-19-51(3,4)17-31-56-15-11-30-53(7)13-12-33(52(5,6)29(53)10-14-54(30,8)55(56,9)18-32(61)57(31,34)50(71)81-56)78-48-44(80-47-43(70)40(67)37(64)26(20-58)74-47)39(66)28(23-73-48)76-49-45(41(68)38(65)27(21-59)75-49)79-46-42(69)36(63)25(60)22-72-46/h24-34,36-50,58-61,63-71H,10-23H2,1-9H3/t25-,26+,27+,28-,29-,30+,31-,32+,33-,34-,36-,37+,38+,39-,40-,41-,42+,43+,44+,45+,46-,47-,48-,49-,50-,53-,54+,55-,56-,57+/m0/s1. The van der Waals surface area contributed by atoms with Gasteiger partial charge in [-0.15, -0.1) is 0 Å². The van der Waals surface area contributed by atoms with Crippen molar-refractivity contribution in [2.45, 2.75) is 267 Å². The average molecular weight is 1160 g/mol. The lowest BCUT2D eigenvalue weighted by atomic mass is 9.30. The van der Waals surface area contributed by atoms with Gasteiger partial charge < -0.3 is 114 Å². The van der Waals surface area contributed by atoms with E-state index < -0.39 is 183 Å². The van der Waals surface area contributed by atoms with Gasteiger partial charge in [0.2, 0.25) is 0 Å². The molecule has 1 spiro atoms. The van der Waals surface area contributed by atoms with Gasteiger partial charge in [0, 0.05) is 17.8 Å². The molecule has 5 saturated carbocycles. The number of ether oxygens (including phenoxy) is 10. The summed E-state index contributed by atoms with van der Waals surface area (Å²) in [5.74, 6) is -0.376. The third-order valence-electron chi connectivity index (χ3n) is 22.7. The molecule has 10 fully saturated rings. The van der Waals surface area contributed by atoms with Crippen LogP contribution < -0.4 is 0 Å². The molecule has 0 aromatic heterocycles. The van der Waals surface area contributed by atoms with E-state index in [1.54, 1.807) is 0 Å². The van der Waals surface area contributed by atoms with Crippen molar-refractivity contribution >= 4 is 5.97 Å². The Morgan fingerprint density at radius 3 is 1.84 bits per heavy atom. The molecule has 0 amide bonds. The molecular formula is C57H94O24. The zero-order valence-corrected chi connectivity index (χ0v) is 48.2. The highest BCUT2D eigenvalue weighted by Crippen LogP contribution is 2.81. The molecule has 5 saturated heterocycles. The van der Waals surface area contributed by atoms with Gasteiger partial charge in [0.05, 0.1) is 49.7 Å². The molecule has 5 aliphatic heterocycles. The second-order valence-electron chi connectivity index (χ2n) is 28.4. The third kappa shape index (κ3) is 9.83. The van der Waals surface area contributed by atoms with Crippen LogP contribution in [-0.4, -0.2) is 240 Å². The maximum Gasteiger partial charge on any atom is 0.306 e. The van der Waals surface area contributed by atoms with E-state index in [9.17, 15) is 71.2 Å². The van der Waals surface area contributed by atoms with Crippen molar-refractivity contribution in [2.24, 2.45) is 56.2 Å². The summed E-state index contributed by atoms with van der Waals surface area (Å²) in [6, 6.07) is 0. The van der Waals surface area contributed by atoms with E-state index in [1.807, 2.05) is 13.8 Å². The van der Waals surface area contributed by atoms with Crippen LogP contribution in [0.4, 0.5) is 0 Å². The first-order valence-electron chi connectivity index (χ1n) is 29.6. The summed E-state index contributed by atoms with van der Waals surface area (Å²) in [6.45, 7) is 17.1. The van der Waals surface area contributed by atoms with E-state index in [0.29, 0.717) is 38.5 Å². The van der Waals surface area contributed by atoms with Crippen molar-refractivity contribution in [3.63, 3.8) is 0 Å². The molecule has 0 aromatic carbocycles. The van der Waals surface area contributed by atoms with E-state index in [2.05, 4.69) is 48.5 Å². The third-order valence-corrected chi connectivity index (χ3v) is 22.7. The van der Waals surface area contributed by atoms with E-state index >= 15 is 0 Å². The molecule has 24 nitrogen and oxygen atoms in total. The van der Waals surface area contributed by atoms with E-state index in [-0.39, 0.29) is 52.3 Å². The van der Waals surface area contributed by atoms with Crippen molar-refractivity contribution in [2.75, 3.05) is 26.4 Å². The van der Waals surface area contributed by atoms with Crippen LogP contribution in [0.1, 0.15) is 127 Å². The van der Waals surface area contributed by atoms with Crippen molar-refractivity contribution in [3.8, 4) is 0 Å². The Kier molecular flexibility index (Phi) is 17.3. The van der Waals surface area contributed by atoms with Gasteiger partial charge in [-0.3, -0.25) is 4.79 Å². The van der Waals surface area contributed by atoms with E-state index in [0.717, 1.165) is 19.3 Å². The van der Waals surface area contributed by atoms with Crippen LogP contribution >= 0.6 is 0 Å². The number of carbonyl (C=O) groups is 1. The Balaban J connectivity index is 0.904. The van der Waals surface area contributed by atoms with Crippen molar-refractivity contribution in [1.29, 1.82) is 0 Å². The summed E-state index contributed by atoms with van der Waals surface area (Å²) in [4.78, 5) is 13.4. The largest absolute Gasteiger partial charge is 0.461 e. The van der Waals surface area contributed by atoms with Gasteiger partial charge in [0.25, 0.3) is 0 Å². The first kappa shape index (κ1) is 62.6. The number of esters is 1. The van der Waals surface area contributed by atoms with Crippen LogP contribution in [0.15, 0.2) is 0 Å². The SMILES string of the molecule is CC(C)CC(=O)O[C@H]1CC(C)(C)C[C@@H]2[C@@]13[C@H](O)C[C@]1(C)[C@@]2(CC[C@@H]2[C@@]4(C)CC[C@H](O[C@@H]5OC[C@H](O[C@@H]6O[C@H](CO)[C@@H](O)[C@H](O)[C@H]6O[C@@H]6OC[C@H](O)[C@H](O)[C@H]6O)[C@H](O)[C@H]5O[C@@H]5O[C@H](CO)[C@@H](O)[C@H](O)[C@H]5O)C(C)(C)[C@@H]4CC[C@]21C)O[C@@H]3O. The molecule has 5 aliphatic carbocycles. The fourth-order valence-electron chi connectivity index (χ4n) is 18.4. The molecule has 24 heteroatoms. The monoisotopic (exact) mass is 1160 g/mol. The molecular weight excluding hydrogens is 1070 g/mol. The zero-order valence-electron chi connectivity index (χ0n) is 48.2. The lowest BCUT2D eigenvalue weighted by molar-refractivity contribution is -0.392. The molecule has 0 radical (unpaired) electrons. The minimum atomic E-state index is -1.91. The Labute approximate surface area is 473 Å². The number of fused-ring (bicyclic) bond motifs is 4. The summed E-state index contributed by atoms with van der Waals surface area (Å²) < 4.78 is 62.3. The predicted molar refractivity (Wildman–Crippen MR) is 276 cm³/mol. The maximum absolute atomic E-state index is 13.4. The summed E-state index contributed by atoms with van der Waals surface area (Å²) in [5, 5.41) is 144. The second-order valence-corrected chi connectivity index (χ2v) is 28.4. The molecule has 30 atom stereocenters. The molecule has 0 unspecified atom stereocenters. The van der Waals surface area contributed by atoms with Gasteiger partial charge >= 0.3 is 5.97 Å². The van der Waals surface area contributed by atoms with E-state index in [4.69, 9.17) is 47.4 Å². The smallest absolute Gasteiger partial charge is 0.306 e. The van der Waals surface area contributed by atoms with Crippen molar-refractivity contribution in [1.82, 2.24) is 0 Å². The fraction of sp³-hybridized carbons (Fsp3) is 0.982. The lowest BCUT2D eigenvalue weighted by Gasteiger charge is -2.75. The molecule has 81 heavy (non-hydrogen) atoms. The quantitative estimate of drug-likeness (QED) is 0.0762. The average Bonchev–Trinajstić information content (AvgIpc) is 2.66. The second kappa shape index (κ2) is 22.3. The molecule has 10 rings (SSSR count). The summed E-state index contributed by atoms with van der Waals surface area (Å²) in [6.07, 6.45) is -28.0. The van der Waals surface area contributed by atoms with Crippen LogP contribution in [0.5, 0.6) is 0 Å². The first-order chi connectivity index (χ1) is 37.9. The fourth-order valence-corrected chi connectivity index (χ4v) is 18.4. The molecule has 13 N–H and O–H groups in total. The van der Waals surface area contributed by atoms with Crippen LogP contribution in [0, 0.1) is 56.2 Å². The maximum atomic E-state index is 13.4. The van der Waals surface area contributed by atoms with Gasteiger partial charge in [0.15, 0.2) is 31.5 Å². The summed E-state index contributed by atoms with van der Waals surface area (Å²) >= 11 is 0. The number of carbonyl (C=O) groups excluding carboxylic acids is 1. The van der Waals surface area contributed by atoms with Gasteiger partial charge in [-0.2, -0.15) is 0 Å². The zero-order chi connectivity index (χ0) is 59.1. The molecule has 0 aromatic rings. The summed E-state index contributed by atoms with van der Waals surface area (Å²) in [7, 11) is 0. The lowest BCUT2D eigenvalue weighted by Crippen LogP contribution is -2.75. The number of rotatable bonds is 13. The predicted octanol–water partition coefficient (Wildman–Crippen LogP) is -1.19. The molecule has 5 heterocycles. The molecule has 2 bridgehead atoms. The number of aliphatic hydroxyl groups is 13. The van der Waals surface area contributed by atoms with Gasteiger partial charge in [-0.25, -0.2) is 0 Å². The minimum absolute atomic E-state index is 0.0487. The number of hydrogen-bond acceptors (Lipinski definition) is 24. The highest BCUT2D eigenvalue weighted by molar-refractivity contribution is 5.70. The Morgan fingerprint density at radius 2 is 1.17 bits per heavy atom. The van der Waals surface area contributed by atoms with Crippen LogP contribution in [0.25, 0.3) is 0 Å². The highest BCUT2D eigenvalue weighted by atomic mass is 16.8. The Bertz CT molecular complexity index is 2220. The molecule has 10 aliphatic rings.